The third kappa shape index (κ3) is 1.87. The Hall–Kier alpha value is -0.340. The van der Waals surface area contributed by atoms with Gasteiger partial charge in [0.2, 0.25) is 0 Å². The first-order chi connectivity index (χ1) is 5.90. The van der Waals surface area contributed by atoms with E-state index >= 15 is 0 Å². The van der Waals surface area contributed by atoms with Crippen LogP contribution in [0.15, 0.2) is 11.6 Å². The third-order valence-corrected chi connectivity index (χ3v) is 3.03. The maximum atomic E-state index is 5.34. The number of hydrogen-bond donors (Lipinski definition) is 2. The van der Waals surface area contributed by atoms with E-state index in [-0.39, 0.29) is 0 Å². The minimum atomic E-state index is 0.520. The molecule has 2 saturated carbocycles. The van der Waals surface area contributed by atoms with Gasteiger partial charge in [-0.3, -0.25) is 11.3 Å². The Morgan fingerprint density at radius 2 is 2.00 bits per heavy atom. The van der Waals surface area contributed by atoms with Crippen LogP contribution in [-0.2, 0) is 0 Å². The summed E-state index contributed by atoms with van der Waals surface area (Å²) in [6.45, 7) is 0. The van der Waals surface area contributed by atoms with Gasteiger partial charge in [0, 0.05) is 6.04 Å². The average molecular weight is 166 g/mol. The fourth-order valence-corrected chi connectivity index (χ4v) is 2.13. The Morgan fingerprint density at radius 1 is 1.25 bits per heavy atom. The zero-order valence-corrected chi connectivity index (χ0v) is 7.55. The summed E-state index contributed by atoms with van der Waals surface area (Å²) >= 11 is 0. The van der Waals surface area contributed by atoms with Crippen LogP contribution in [0.5, 0.6) is 0 Å². The monoisotopic (exact) mass is 166 g/mol. The molecule has 0 aromatic heterocycles. The highest BCUT2D eigenvalue weighted by Gasteiger charge is 2.29. The normalized spacial score (nSPS) is 34.1. The van der Waals surface area contributed by atoms with Gasteiger partial charge < -0.3 is 0 Å². The second kappa shape index (κ2) is 3.58. The molecule has 2 rings (SSSR count). The van der Waals surface area contributed by atoms with Crippen molar-refractivity contribution in [1.29, 1.82) is 0 Å². The van der Waals surface area contributed by atoms with E-state index in [0.717, 1.165) is 5.92 Å². The third-order valence-electron chi connectivity index (χ3n) is 3.03. The van der Waals surface area contributed by atoms with Gasteiger partial charge in [-0.2, -0.15) is 0 Å². The molecule has 2 aliphatic rings. The first-order valence-corrected chi connectivity index (χ1v) is 5.07. The van der Waals surface area contributed by atoms with Gasteiger partial charge in [-0.15, -0.1) is 0 Å². The van der Waals surface area contributed by atoms with Gasteiger partial charge >= 0.3 is 0 Å². The summed E-state index contributed by atoms with van der Waals surface area (Å²) in [6, 6.07) is 0.520. The number of allylic oxidation sites excluding steroid dienone is 1. The molecule has 0 aromatic carbocycles. The molecule has 2 aliphatic carbocycles. The Balaban J connectivity index is 1.82. The van der Waals surface area contributed by atoms with E-state index in [0.29, 0.717) is 6.04 Å². The van der Waals surface area contributed by atoms with Crippen molar-refractivity contribution in [2.75, 3.05) is 0 Å². The van der Waals surface area contributed by atoms with Crippen molar-refractivity contribution in [3.8, 4) is 0 Å². The van der Waals surface area contributed by atoms with Crippen molar-refractivity contribution in [2.45, 2.75) is 44.6 Å². The lowest BCUT2D eigenvalue weighted by Crippen LogP contribution is -2.24. The molecule has 0 heterocycles. The molecule has 12 heavy (non-hydrogen) atoms. The van der Waals surface area contributed by atoms with Crippen molar-refractivity contribution in [2.24, 2.45) is 11.8 Å². The highest BCUT2D eigenvalue weighted by molar-refractivity contribution is 5.28. The second-order valence-corrected chi connectivity index (χ2v) is 4.06. The zero-order chi connectivity index (χ0) is 8.39. The maximum absolute atomic E-state index is 5.34. The summed E-state index contributed by atoms with van der Waals surface area (Å²) in [5.41, 5.74) is 4.36. The molecule has 0 amide bonds. The first-order valence-electron chi connectivity index (χ1n) is 5.07. The number of hydrazine groups is 1. The van der Waals surface area contributed by atoms with Crippen molar-refractivity contribution in [1.82, 2.24) is 5.43 Å². The topological polar surface area (TPSA) is 38.0 Å². The molecule has 0 spiro atoms. The summed E-state index contributed by atoms with van der Waals surface area (Å²) in [7, 11) is 0. The van der Waals surface area contributed by atoms with Crippen molar-refractivity contribution in [3.05, 3.63) is 11.6 Å². The van der Waals surface area contributed by atoms with Crippen LogP contribution < -0.4 is 11.3 Å². The molecule has 0 aliphatic heterocycles. The van der Waals surface area contributed by atoms with E-state index in [1.165, 1.54) is 38.5 Å². The smallest absolute Gasteiger partial charge is 0.0458 e. The summed E-state index contributed by atoms with van der Waals surface area (Å²) < 4.78 is 0. The van der Waals surface area contributed by atoms with Crippen LogP contribution in [-0.4, -0.2) is 6.04 Å². The van der Waals surface area contributed by atoms with E-state index in [4.69, 9.17) is 5.84 Å². The van der Waals surface area contributed by atoms with E-state index in [1.54, 1.807) is 5.57 Å². The highest BCUT2D eigenvalue weighted by Crippen LogP contribution is 2.34. The Labute approximate surface area is 74.2 Å². The van der Waals surface area contributed by atoms with Crippen LogP contribution in [0.3, 0.4) is 0 Å². The standard InChI is InChI=1S/C10H18N2/c11-12-10-7-9(10)6-8-4-2-1-3-5-8/h6,8,10,12H,1-5,7,11H2. The van der Waals surface area contributed by atoms with Gasteiger partial charge in [-0.1, -0.05) is 30.9 Å². The lowest BCUT2D eigenvalue weighted by molar-refractivity contribution is 0.418. The van der Waals surface area contributed by atoms with E-state index in [9.17, 15) is 0 Å². The highest BCUT2D eigenvalue weighted by atomic mass is 15.2. The molecule has 0 bridgehead atoms. The number of nitrogens with two attached hydrogens (primary N) is 1. The van der Waals surface area contributed by atoms with Gasteiger partial charge in [-0.05, 0) is 25.2 Å². The van der Waals surface area contributed by atoms with Gasteiger partial charge in [0.1, 0.15) is 0 Å². The second-order valence-electron chi connectivity index (χ2n) is 4.06. The molecule has 1 atom stereocenters. The molecular weight excluding hydrogens is 148 g/mol. The molecule has 0 saturated heterocycles. The van der Waals surface area contributed by atoms with Crippen molar-refractivity contribution in [3.63, 3.8) is 0 Å². The van der Waals surface area contributed by atoms with E-state index in [2.05, 4.69) is 11.5 Å². The molecule has 68 valence electrons. The van der Waals surface area contributed by atoms with Crippen LogP contribution in [0.2, 0.25) is 0 Å². The minimum absolute atomic E-state index is 0.520. The fraction of sp³-hybridized carbons (Fsp3) is 0.800. The lowest BCUT2D eigenvalue weighted by atomic mass is 9.89. The van der Waals surface area contributed by atoms with Crippen LogP contribution in [0.25, 0.3) is 0 Å². The molecule has 2 fully saturated rings. The molecule has 1 unspecified atom stereocenters. The predicted octanol–water partition coefficient (Wildman–Crippen LogP) is 1.73. The zero-order valence-electron chi connectivity index (χ0n) is 7.55. The van der Waals surface area contributed by atoms with Crippen molar-refractivity contribution >= 4 is 0 Å². The molecule has 2 nitrogen and oxygen atoms in total. The van der Waals surface area contributed by atoms with Crippen LogP contribution in [0.1, 0.15) is 38.5 Å². The Kier molecular flexibility index (Phi) is 2.47. The molecule has 3 N–H and O–H groups in total. The molecule has 2 heteroatoms. The summed E-state index contributed by atoms with van der Waals surface area (Å²) in [5, 5.41) is 0. The van der Waals surface area contributed by atoms with Crippen LogP contribution >= 0.6 is 0 Å². The maximum Gasteiger partial charge on any atom is 0.0458 e. The van der Waals surface area contributed by atoms with Gasteiger partial charge in [0.15, 0.2) is 0 Å². The summed E-state index contributed by atoms with van der Waals surface area (Å²) in [6.07, 6.45) is 10.8. The fourth-order valence-electron chi connectivity index (χ4n) is 2.13. The average Bonchev–Trinajstić information content (AvgIpc) is 2.85. The van der Waals surface area contributed by atoms with Gasteiger partial charge in [-0.25, -0.2) is 0 Å². The van der Waals surface area contributed by atoms with Gasteiger partial charge in [0.05, 0.1) is 0 Å². The summed E-state index contributed by atoms with van der Waals surface area (Å²) in [4.78, 5) is 0. The summed E-state index contributed by atoms with van der Waals surface area (Å²) in [5.74, 6) is 6.21. The van der Waals surface area contributed by atoms with E-state index < -0.39 is 0 Å². The largest absolute Gasteiger partial charge is 0.271 e. The van der Waals surface area contributed by atoms with Gasteiger partial charge in [0.25, 0.3) is 0 Å². The van der Waals surface area contributed by atoms with Crippen LogP contribution in [0, 0.1) is 5.92 Å². The number of hydrogen-bond acceptors (Lipinski definition) is 2. The number of nitrogens with one attached hydrogen (secondary N) is 1. The quantitative estimate of drug-likeness (QED) is 0.372. The first kappa shape index (κ1) is 8.27. The van der Waals surface area contributed by atoms with Crippen LogP contribution in [0.4, 0.5) is 0 Å². The van der Waals surface area contributed by atoms with E-state index in [1.807, 2.05) is 0 Å². The Bertz CT molecular complexity index is 180. The lowest BCUT2D eigenvalue weighted by Gasteiger charge is -2.17. The molecule has 0 aromatic rings. The molecule has 0 radical (unpaired) electrons. The minimum Gasteiger partial charge on any atom is -0.271 e. The number of rotatable bonds is 2. The Morgan fingerprint density at radius 3 is 2.58 bits per heavy atom. The predicted molar refractivity (Wildman–Crippen MR) is 50.4 cm³/mol. The SMILES string of the molecule is NNC1CC1=CC1CCCCC1. The van der Waals surface area contributed by atoms with Crippen molar-refractivity contribution < 1.29 is 0 Å². The molecular formula is C10H18N2.